The third-order valence-corrected chi connectivity index (χ3v) is 4.14. The van der Waals surface area contributed by atoms with Crippen LogP contribution in [0.25, 0.3) is 11.5 Å². The number of amides is 1. The molecule has 0 bridgehead atoms. The van der Waals surface area contributed by atoms with Gasteiger partial charge in [-0.1, -0.05) is 18.2 Å². The molecule has 3 rings (SSSR count). The van der Waals surface area contributed by atoms with E-state index in [0.29, 0.717) is 23.9 Å². The number of aryl methyl sites for hydroxylation is 1. The van der Waals surface area contributed by atoms with Crippen LogP contribution in [-0.4, -0.2) is 40.1 Å². The molecule has 1 N–H and O–H groups in total. The maximum atomic E-state index is 12.4. The molecule has 116 valence electrons. The van der Waals surface area contributed by atoms with E-state index in [4.69, 9.17) is 4.42 Å². The molecule has 0 radical (unpaired) electrons. The van der Waals surface area contributed by atoms with Crippen molar-refractivity contribution in [2.45, 2.75) is 32.2 Å². The number of hydrogen-bond acceptors (Lipinski definition) is 4. The normalized spacial score (nSPS) is 17.9. The summed E-state index contributed by atoms with van der Waals surface area (Å²) in [6, 6.07) is 9.60. The van der Waals surface area contributed by atoms with Gasteiger partial charge in [-0.25, -0.2) is 4.98 Å². The van der Waals surface area contributed by atoms with Crippen LogP contribution in [0.3, 0.4) is 0 Å². The molecule has 0 saturated carbocycles. The minimum absolute atomic E-state index is 0.00700. The standard InChI is InChI=1S/C17H20N2O3/c1-12-15(10-16(21)19-9-5-8-14(19)11-20)18-17(22-12)13-6-3-2-4-7-13/h2-4,6-7,14,20H,5,8-11H2,1H3/t14-/m1/s1. The van der Waals surface area contributed by atoms with Gasteiger partial charge in [0.25, 0.3) is 0 Å². The van der Waals surface area contributed by atoms with E-state index in [-0.39, 0.29) is 25.0 Å². The fourth-order valence-electron chi connectivity index (χ4n) is 2.89. The SMILES string of the molecule is Cc1oc(-c2ccccc2)nc1CC(=O)N1CCC[C@@H]1CO. The van der Waals surface area contributed by atoms with E-state index in [9.17, 15) is 9.90 Å². The molecule has 0 unspecified atom stereocenters. The number of hydrogen-bond donors (Lipinski definition) is 1. The van der Waals surface area contributed by atoms with Gasteiger partial charge in [0.1, 0.15) is 5.76 Å². The summed E-state index contributed by atoms with van der Waals surface area (Å²) in [7, 11) is 0. The summed E-state index contributed by atoms with van der Waals surface area (Å²) in [5, 5.41) is 9.33. The zero-order chi connectivity index (χ0) is 15.5. The molecule has 1 atom stereocenters. The first-order valence-corrected chi connectivity index (χ1v) is 7.61. The molecule has 5 nitrogen and oxygen atoms in total. The molecule has 1 amide bonds. The van der Waals surface area contributed by atoms with E-state index in [1.807, 2.05) is 37.3 Å². The first-order valence-electron chi connectivity index (χ1n) is 7.61. The number of likely N-dealkylation sites (tertiary alicyclic amines) is 1. The molecule has 22 heavy (non-hydrogen) atoms. The van der Waals surface area contributed by atoms with Gasteiger partial charge in [-0.05, 0) is 31.9 Å². The zero-order valence-electron chi connectivity index (χ0n) is 12.7. The summed E-state index contributed by atoms with van der Waals surface area (Å²) in [5.74, 6) is 1.22. The Morgan fingerprint density at radius 2 is 2.18 bits per heavy atom. The Bertz CT molecular complexity index is 651. The number of aliphatic hydroxyl groups is 1. The van der Waals surface area contributed by atoms with Crippen molar-refractivity contribution < 1.29 is 14.3 Å². The van der Waals surface area contributed by atoms with Gasteiger partial charge in [0, 0.05) is 12.1 Å². The molecule has 1 aromatic heterocycles. The van der Waals surface area contributed by atoms with Crippen molar-refractivity contribution in [2.24, 2.45) is 0 Å². The molecule has 1 aromatic carbocycles. The van der Waals surface area contributed by atoms with Gasteiger partial charge in [-0.2, -0.15) is 0 Å². The quantitative estimate of drug-likeness (QED) is 0.940. The second-order valence-electron chi connectivity index (χ2n) is 5.63. The summed E-state index contributed by atoms with van der Waals surface area (Å²) < 4.78 is 5.69. The molecule has 1 fully saturated rings. The average Bonchev–Trinajstić information content (AvgIpc) is 3.15. The predicted molar refractivity (Wildman–Crippen MR) is 82.2 cm³/mol. The Labute approximate surface area is 129 Å². The van der Waals surface area contributed by atoms with E-state index in [0.717, 1.165) is 18.4 Å². The van der Waals surface area contributed by atoms with E-state index in [1.165, 1.54) is 0 Å². The monoisotopic (exact) mass is 300 g/mol. The van der Waals surface area contributed by atoms with Crippen molar-refractivity contribution >= 4 is 5.91 Å². The minimum Gasteiger partial charge on any atom is -0.441 e. The largest absolute Gasteiger partial charge is 0.441 e. The van der Waals surface area contributed by atoms with Crippen LogP contribution in [0.4, 0.5) is 0 Å². The van der Waals surface area contributed by atoms with Crippen molar-refractivity contribution in [2.75, 3.05) is 13.2 Å². The average molecular weight is 300 g/mol. The van der Waals surface area contributed by atoms with Crippen LogP contribution >= 0.6 is 0 Å². The molecular weight excluding hydrogens is 280 g/mol. The number of carbonyl (C=O) groups is 1. The van der Waals surface area contributed by atoms with Crippen LogP contribution in [0.1, 0.15) is 24.3 Å². The van der Waals surface area contributed by atoms with Crippen molar-refractivity contribution in [1.82, 2.24) is 9.88 Å². The number of benzene rings is 1. The summed E-state index contributed by atoms with van der Waals surface area (Å²) in [6.45, 7) is 2.57. The van der Waals surface area contributed by atoms with Crippen LogP contribution in [0.5, 0.6) is 0 Å². The number of oxazole rings is 1. The maximum absolute atomic E-state index is 12.4. The smallest absolute Gasteiger partial charge is 0.229 e. The van der Waals surface area contributed by atoms with E-state index in [1.54, 1.807) is 4.90 Å². The number of aromatic nitrogens is 1. The van der Waals surface area contributed by atoms with Gasteiger partial charge in [0.15, 0.2) is 0 Å². The molecule has 0 aliphatic carbocycles. The van der Waals surface area contributed by atoms with Crippen LogP contribution in [0.2, 0.25) is 0 Å². The van der Waals surface area contributed by atoms with Crippen molar-refractivity contribution in [3.05, 3.63) is 41.8 Å². The van der Waals surface area contributed by atoms with Crippen LogP contribution in [0, 0.1) is 6.92 Å². The topological polar surface area (TPSA) is 66.6 Å². The number of rotatable bonds is 4. The molecule has 2 heterocycles. The number of aliphatic hydroxyl groups excluding tert-OH is 1. The highest BCUT2D eigenvalue weighted by molar-refractivity contribution is 5.79. The van der Waals surface area contributed by atoms with Gasteiger partial charge in [0.05, 0.1) is 24.8 Å². The Kier molecular flexibility index (Phi) is 4.24. The Morgan fingerprint density at radius 3 is 2.91 bits per heavy atom. The third kappa shape index (κ3) is 2.90. The van der Waals surface area contributed by atoms with E-state index < -0.39 is 0 Å². The van der Waals surface area contributed by atoms with Gasteiger partial charge < -0.3 is 14.4 Å². The van der Waals surface area contributed by atoms with Crippen LogP contribution in [0.15, 0.2) is 34.7 Å². The lowest BCUT2D eigenvalue weighted by Gasteiger charge is -2.22. The van der Waals surface area contributed by atoms with Crippen LogP contribution < -0.4 is 0 Å². The molecule has 1 aliphatic rings. The summed E-state index contributed by atoms with van der Waals surface area (Å²) in [6.07, 6.45) is 2.04. The molecule has 5 heteroatoms. The maximum Gasteiger partial charge on any atom is 0.229 e. The van der Waals surface area contributed by atoms with Gasteiger partial charge in [-0.15, -0.1) is 0 Å². The van der Waals surface area contributed by atoms with Gasteiger partial charge in [-0.3, -0.25) is 4.79 Å². The van der Waals surface area contributed by atoms with Crippen molar-refractivity contribution in [1.29, 1.82) is 0 Å². The van der Waals surface area contributed by atoms with Crippen molar-refractivity contribution in [3.63, 3.8) is 0 Å². The summed E-state index contributed by atoms with van der Waals surface area (Å²) in [5.41, 5.74) is 1.58. The summed E-state index contributed by atoms with van der Waals surface area (Å²) >= 11 is 0. The second-order valence-corrected chi connectivity index (χ2v) is 5.63. The van der Waals surface area contributed by atoms with E-state index >= 15 is 0 Å². The zero-order valence-corrected chi connectivity index (χ0v) is 12.7. The highest BCUT2D eigenvalue weighted by Crippen LogP contribution is 2.23. The predicted octanol–water partition coefficient (Wildman–Crippen LogP) is 2.18. The highest BCUT2D eigenvalue weighted by atomic mass is 16.4. The Morgan fingerprint density at radius 1 is 1.41 bits per heavy atom. The van der Waals surface area contributed by atoms with Crippen molar-refractivity contribution in [3.8, 4) is 11.5 Å². The Balaban J connectivity index is 1.76. The minimum atomic E-state index is -0.0479. The third-order valence-electron chi connectivity index (χ3n) is 4.14. The van der Waals surface area contributed by atoms with Crippen LogP contribution in [-0.2, 0) is 11.2 Å². The number of nitrogens with zero attached hydrogens (tertiary/aromatic N) is 2. The Hall–Kier alpha value is -2.14. The lowest BCUT2D eigenvalue weighted by atomic mass is 10.2. The highest BCUT2D eigenvalue weighted by Gasteiger charge is 2.29. The fraction of sp³-hybridized carbons (Fsp3) is 0.412. The molecule has 1 saturated heterocycles. The lowest BCUT2D eigenvalue weighted by molar-refractivity contribution is -0.132. The lowest BCUT2D eigenvalue weighted by Crippen LogP contribution is -2.38. The molecular formula is C17H20N2O3. The molecule has 1 aliphatic heterocycles. The molecule has 0 spiro atoms. The summed E-state index contributed by atoms with van der Waals surface area (Å²) in [4.78, 5) is 18.6. The molecule has 2 aromatic rings. The second kappa shape index (κ2) is 6.32. The first-order chi connectivity index (χ1) is 10.7. The first kappa shape index (κ1) is 14.8. The van der Waals surface area contributed by atoms with Gasteiger partial charge in [0.2, 0.25) is 11.8 Å². The number of carbonyl (C=O) groups excluding carboxylic acids is 1. The fourth-order valence-corrected chi connectivity index (χ4v) is 2.89. The van der Waals surface area contributed by atoms with E-state index in [2.05, 4.69) is 4.98 Å². The van der Waals surface area contributed by atoms with Gasteiger partial charge >= 0.3 is 0 Å².